The van der Waals surface area contributed by atoms with Crippen molar-refractivity contribution in [2.24, 2.45) is 0 Å². The summed E-state index contributed by atoms with van der Waals surface area (Å²) in [6.45, 7) is 1.96. The molecule has 0 saturated heterocycles. The monoisotopic (exact) mass is 253 g/mol. The molecule has 0 amide bonds. The average molecular weight is 253 g/mol. The first kappa shape index (κ1) is 15.5. The summed E-state index contributed by atoms with van der Waals surface area (Å²) in [5.74, 6) is 0.0664. The summed E-state index contributed by atoms with van der Waals surface area (Å²) in [4.78, 5) is 9.78. The van der Waals surface area contributed by atoms with Crippen molar-refractivity contribution >= 4 is 16.8 Å². The third kappa shape index (κ3) is 3.84. The fourth-order valence-corrected chi connectivity index (χ4v) is 1.41. The normalized spacial score (nSPS) is 11.4. The molecule has 0 saturated carbocycles. The van der Waals surface area contributed by atoms with E-state index in [1.54, 1.807) is 6.92 Å². The number of ether oxygens (including phenoxy) is 1. The van der Waals surface area contributed by atoms with Crippen molar-refractivity contribution in [2.75, 3.05) is 6.61 Å². The Morgan fingerprint density at radius 2 is 2.12 bits per heavy atom. The van der Waals surface area contributed by atoms with Crippen molar-refractivity contribution in [3.05, 3.63) is 28.3 Å². The van der Waals surface area contributed by atoms with Crippen LogP contribution in [0.4, 0.5) is 5.69 Å². The number of rotatable bonds is 4. The Labute approximate surface area is 117 Å². The van der Waals surface area contributed by atoms with E-state index >= 15 is 0 Å². The Kier molecular flexibility index (Phi) is 6.77. The molecule has 0 aliphatic carbocycles. The third-order valence-electron chi connectivity index (χ3n) is 1.62. The minimum absolute atomic E-state index is 0. The summed E-state index contributed by atoms with van der Waals surface area (Å²) >= 11 is -2.48. The van der Waals surface area contributed by atoms with Gasteiger partial charge in [0.05, 0.1) is 11.5 Å². The SMILES string of the molecule is CCOc1ccc(S(=O)[O-])cc1[N+](=O)[O-].[Na+]. The number of nitrogens with zero attached hydrogens (tertiary/aromatic N) is 1. The smallest absolute Gasteiger partial charge is 0.768 e. The Morgan fingerprint density at radius 1 is 1.50 bits per heavy atom. The molecule has 82 valence electrons. The molecule has 8 heteroatoms. The number of nitro benzene ring substituents is 1. The van der Waals surface area contributed by atoms with Gasteiger partial charge in [0, 0.05) is 11.0 Å². The minimum atomic E-state index is -2.48. The summed E-state index contributed by atoms with van der Waals surface area (Å²) < 4.78 is 26.2. The van der Waals surface area contributed by atoms with Crippen molar-refractivity contribution in [1.82, 2.24) is 0 Å². The van der Waals surface area contributed by atoms with Crippen LogP contribution >= 0.6 is 0 Å². The number of nitro groups is 1. The Morgan fingerprint density at radius 3 is 2.56 bits per heavy atom. The molecule has 0 aliphatic rings. The summed E-state index contributed by atoms with van der Waals surface area (Å²) in [6.07, 6.45) is 0. The summed E-state index contributed by atoms with van der Waals surface area (Å²) in [5, 5.41) is 10.6. The fourth-order valence-electron chi connectivity index (χ4n) is 1.02. The van der Waals surface area contributed by atoms with Crippen LogP contribution in [0, 0.1) is 10.1 Å². The van der Waals surface area contributed by atoms with Gasteiger partial charge in [-0.15, -0.1) is 0 Å². The van der Waals surface area contributed by atoms with Gasteiger partial charge in [-0.3, -0.25) is 14.3 Å². The van der Waals surface area contributed by atoms with E-state index in [0.717, 1.165) is 6.07 Å². The van der Waals surface area contributed by atoms with Crippen LogP contribution in [0.25, 0.3) is 0 Å². The molecule has 0 bridgehead atoms. The zero-order valence-electron chi connectivity index (χ0n) is 8.84. The maximum absolute atomic E-state index is 10.6. The second-order valence-corrected chi connectivity index (χ2v) is 3.50. The first-order chi connectivity index (χ1) is 7.06. The maximum Gasteiger partial charge on any atom is 1.00 e. The van der Waals surface area contributed by atoms with Crippen molar-refractivity contribution < 1.29 is 48.0 Å². The molecule has 16 heavy (non-hydrogen) atoms. The summed E-state index contributed by atoms with van der Waals surface area (Å²) in [5.41, 5.74) is -0.349. The van der Waals surface area contributed by atoms with E-state index in [-0.39, 0.29) is 52.5 Å². The van der Waals surface area contributed by atoms with Gasteiger partial charge < -0.3 is 9.29 Å². The molecule has 0 fully saturated rings. The van der Waals surface area contributed by atoms with E-state index in [2.05, 4.69) is 0 Å². The average Bonchev–Trinajstić information content (AvgIpc) is 2.18. The van der Waals surface area contributed by atoms with Gasteiger partial charge in [0.2, 0.25) is 0 Å². The van der Waals surface area contributed by atoms with Crippen molar-refractivity contribution in [3.8, 4) is 5.75 Å². The van der Waals surface area contributed by atoms with Crippen LogP contribution in [-0.2, 0) is 11.1 Å². The number of benzene rings is 1. The van der Waals surface area contributed by atoms with E-state index in [4.69, 9.17) is 4.74 Å². The predicted octanol–water partition coefficient (Wildman–Crippen LogP) is -1.76. The van der Waals surface area contributed by atoms with Gasteiger partial charge in [0.15, 0.2) is 5.75 Å². The van der Waals surface area contributed by atoms with Crippen LogP contribution < -0.4 is 34.3 Å². The molecule has 0 radical (unpaired) electrons. The molecular weight excluding hydrogens is 245 g/mol. The Hall–Kier alpha value is -0.470. The molecule has 6 nitrogen and oxygen atoms in total. The second-order valence-electron chi connectivity index (χ2n) is 2.55. The summed E-state index contributed by atoms with van der Waals surface area (Å²) in [7, 11) is 0. The van der Waals surface area contributed by atoms with Crippen molar-refractivity contribution in [1.29, 1.82) is 0 Å². The third-order valence-corrected chi connectivity index (χ3v) is 2.26. The van der Waals surface area contributed by atoms with E-state index in [0.29, 0.717) is 0 Å². The molecular formula is C8H8NNaO5S. The molecule has 0 N–H and O–H groups in total. The molecule has 1 aromatic rings. The van der Waals surface area contributed by atoms with Gasteiger partial charge >= 0.3 is 35.2 Å². The maximum atomic E-state index is 10.6. The van der Waals surface area contributed by atoms with Gasteiger partial charge in [-0.1, -0.05) is 0 Å². The molecule has 0 aromatic heterocycles. The van der Waals surface area contributed by atoms with Gasteiger partial charge in [0.1, 0.15) is 0 Å². The zero-order valence-corrected chi connectivity index (χ0v) is 11.7. The minimum Gasteiger partial charge on any atom is -0.768 e. The van der Waals surface area contributed by atoms with Crippen LogP contribution in [-0.4, -0.2) is 20.3 Å². The van der Waals surface area contributed by atoms with E-state index in [9.17, 15) is 18.9 Å². The van der Waals surface area contributed by atoms with Gasteiger partial charge in [-0.05, 0) is 30.1 Å². The predicted molar refractivity (Wildman–Crippen MR) is 51.5 cm³/mol. The largest absolute Gasteiger partial charge is 1.00 e. The van der Waals surface area contributed by atoms with Crippen LogP contribution in [0.15, 0.2) is 23.1 Å². The van der Waals surface area contributed by atoms with Gasteiger partial charge in [0.25, 0.3) is 0 Å². The van der Waals surface area contributed by atoms with Crippen LogP contribution in [0.2, 0.25) is 0 Å². The molecule has 1 rings (SSSR count). The van der Waals surface area contributed by atoms with E-state index in [1.807, 2.05) is 0 Å². The summed E-state index contributed by atoms with van der Waals surface area (Å²) in [6, 6.07) is 3.49. The van der Waals surface area contributed by atoms with Crippen molar-refractivity contribution in [3.63, 3.8) is 0 Å². The van der Waals surface area contributed by atoms with Gasteiger partial charge in [-0.25, -0.2) is 0 Å². The zero-order chi connectivity index (χ0) is 11.4. The Bertz CT molecular complexity index is 411. The number of hydrogen-bond donors (Lipinski definition) is 0. The Balaban J connectivity index is 0.00000225. The van der Waals surface area contributed by atoms with E-state index < -0.39 is 16.0 Å². The topological polar surface area (TPSA) is 92.5 Å². The molecule has 0 heterocycles. The van der Waals surface area contributed by atoms with Crippen LogP contribution in [0.5, 0.6) is 5.75 Å². The van der Waals surface area contributed by atoms with Gasteiger partial charge in [-0.2, -0.15) is 0 Å². The first-order valence-electron chi connectivity index (χ1n) is 4.06. The fraction of sp³-hybridized carbons (Fsp3) is 0.250. The second kappa shape index (κ2) is 6.97. The molecule has 1 atom stereocenters. The van der Waals surface area contributed by atoms with E-state index in [1.165, 1.54) is 12.1 Å². The first-order valence-corrected chi connectivity index (χ1v) is 5.14. The quantitative estimate of drug-likeness (QED) is 0.274. The van der Waals surface area contributed by atoms with Crippen LogP contribution in [0.1, 0.15) is 6.92 Å². The molecule has 1 aromatic carbocycles. The number of hydrogen-bond acceptors (Lipinski definition) is 5. The standard InChI is InChI=1S/C8H9NO5S.Na/c1-2-14-8-4-3-6(15(12)13)5-7(8)9(10)11;/h3-5H,2H2,1H3,(H,12,13);/q;+1/p-1. The van der Waals surface area contributed by atoms with Crippen molar-refractivity contribution in [2.45, 2.75) is 11.8 Å². The van der Waals surface area contributed by atoms with Crippen LogP contribution in [0.3, 0.4) is 0 Å². The molecule has 0 aliphatic heterocycles. The molecule has 1 unspecified atom stereocenters. The molecule has 0 spiro atoms.